The fourth-order valence-electron chi connectivity index (χ4n) is 3.23. The molecule has 0 heterocycles. The van der Waals surface area contributed by atoms with E-state index in [-0.39, 0.29) is 17.7 Å². The van der Waals surface area contributed by atoms with Gasteiger partial charge in [-0.05, 0) is 66.4 Å². The Morgan fingerprint density at radius 2 is 1.21 bits per heavy atom. The Balaban J connectivity index is 1.74. The lowest BCUT2D eigenvalue weighted by molar-refractivity contribution is -0.188. The number of rotatable bonds is 9. The van der Waals surface area contributed by atoms with Gasteiger partial charge < -0.3 is 9.47 Å². The first kappa shape index (κ1) is 24.5. The molecule has 0 aliphatic heterocycles. The zero-order chi connectivity index (χ0) is 24.2. The van der Waals surface area contributed by atoms with Crippen molar-refractivity contribution in [1.29, 1.82) is 0 Å². The lowest BCUT2D eigenvalue weighted by atomic mass is 10.1. The van der Waals surface area contributed by atoms with Gasteiger partial charge in [-0.15, -0.1) is 0 Å². The smallest absolute Gasteiger partial charge is 0.429 e. The van der Waals surface area contributed by atoms with E-state index in [1.165, 1.54) is 12.1 Å². The van der Waals surface area contributed by atoms with Crippen LogP contribution in [-0.2, 0) is 25.1 Å². The molecule has 0 bridgehead atoms. The van der Waals surface area contributed by atoms with Crippen LogP contribution in [-0.4, -0.2) is 0 Å². The van der Waals surface area contributed by atoms with Crippen LogP contribution in [0.15, 0.2) is 60.7 Å². The summed E-state index contributed by atoms with van der Waals surface area (Å²) in [5.74, 6) is -3.67. The maximum Gasteiger partial charge on any atom is 0.429 e. The minimum Gasteiger partial charge on any atom is -0.429 e. The molecule has 3 aromatic carbocycles. The zero-order valence-electron chi connectivity index (χ0n) is 18.0. The van der Waals surface area contributed by atoms with Crippen molar-refractivity contribution in [1.82, 2.24) is 0 Å². The van der Waals surface area contributed by atoms with Gasteiger partial charge in [0.1, 0.15) is 17.1 Å². The van der Waals surface area contributed by atoms with Crippen LogP contribution in [0, 0.1) is 11.6 Å². The van der Waals surface area contributed by atoms with Crippen LogP contribution in [0.2, 0.25) is 0 Å². The Bertz CT molecular complexity index is 1080. The first-order valence-electron chi connectivity index (χ1n) is 10.4. The van der Waals surface area contributed by atoms with Gasteiger partial charge in [-0.25, -0.2) is 8.78 Å². The SMILES string of the molecule is CCCc1ccc(OC(F)(F)c2ccc(OC(F)(F)c3ccc(CC)c(F)c3F)cc2)cc1. The average Bonchev–Trinajstić information content (AvgIpc) is 2.77. The molecule has 0 spiro atoms. The van der Waals surface area contributed by atoms with E-state index in [9.17, 15) is 26.3 Å². The molecular formula is C25H22F6O2. The van der Waals surface area contributed by atoms with E-state index >= 15 is 0 Å². The summed E-state index contributed by atoms with van der Waals surface area (Å²) in [6, 6.07) is 11.5. The number of benzene rings is 3. The molecular weight excluding hydrogens is 446 g/mol. The summed E-state index contributed by atoms with van der Waals surface area (Å²) in [4.78, 5) is 0. The van der Waals surface area contributed by atoms with Crippen molar-refractivity contribution in [3.8, 4) is 11.5 Å². The Morgan fingerprint density at radius 1 is 0.667 bits per heavy atom. The maximum absolute atomic E-state index is 14.5. The van der Waals surface area contributed by atoms with Gasteiger partial charge in [-0.3, -0.25) is 0 Å². The number of ether oxygens (including phenoxy) is 2. The molecule has 2 nitrogen and oxygen atoms in total. The van der Waals surface area contributed by atoms with E-state index in [0.29, 0.717) is 0 Å². The Hall–Kier alpha value is -3.16. The van der Waals surface area contributed by atoms with Gasteiger partial charge in [0.15, 0.2) is 11.6 Å². The van der Waals surface area contributed by atoms with E-state index in [0.717, 1.165) is 54.8 Å². The van der Waals surface area contributed by atoms with Crippen molar-refractivity contribution in [2.45, 2.75) is 45.3 Å². The normalized spacial score (nSPS) is 12.0. The maximum atomic E-state index is 14.5. The molecule has 33 heavy (non-hydrogen) atoms. The van der Waals surface area contributed by atoms with Gasteiger partial charge in [-0.2, -0.15) is 17.6 Å². The van der Waals surface area contributed by atoms with Crippen molar-refractivity contribution in [3.63, 3.8) is 0 Å². The molecule has 0 N–H and O–H groups in total. The highest BCUT2D eigenvalue weighted by molar-refractivity contribution is 5.33. The van der Waals surface area contributed by atoms with Gasteiger partial charge in [0, 0.05) is 0 Å². The minimum atomic E-state index is -4.22. The van der Waals surface area contributed by atoms with E-state index in [1.54, 1.807) is 19.1 Å². The highest BCUT2D eigenvalue weighted by Gasteiger charge is 2.40. The summed E-state index contributed by atoms with van der Waals surface area (Å²) in [7, 11) is 0. The molecule has 0 amide bonds. The van der Waals surface area contributed by atoms with Crippen molar-refractivity contribution >= 4 is 0 Å². The number of hydrogen-bond acceptors (Lipinski definition) is 2. The first-order chi connectivity index (χ1) is 15.6. The van der Waals surface area contributed by atoms with Gasteiger partial charge in [-0.1, -0.05) is 38.5 Å². The van der Waals surface area contributed by atoms with Crippen molar-refractivity contribution in [3.05, 3.63) is 94.6 Å². The van der Waals surface area contributed by atoms with Crippen LogP contribution in [0.5, 0.6) is 11.5 Å². The lowest BCUT2D eigenvalue weighted by Crippen LogP contribution is -2.25. The third-order valence-electron chi connectivity index (χ3n) is 5.00. The molecule has 3 rings (SSSR count). The summed E-state index contributed by atoms with van der Waals surface area (Å²) in [5.41, 5.74) is -0.961. The molecule has 0 aliphatic carbocycles. The molecule has 0 aliphatic rings. The fourth-order valence-corrected chi connectivity index (χ4v) is 3.23. The Kier molecular flexibility index (Phi) is 7.25. The molecule has 0 saturated heterocycles. The van der Waals surface area contributed by atoms with Crippen LogP contribution in [0.4, 0.5) is 26.3 Å². The molecule has 0 radical (unpaired) electrons. The predicted octanol–water partition coefficient (Wildman–Crippen LogP) is 7.74. The molecule has 0 saturated carbocycles. The van der Waals surface area contributed by atoms with Crippen LogP contribution in [0.3, 0.4) is 0 Å². The van der Waals surface area contributed by atoms with Crippen molar-refractivity contribution in [2.24, 2.45) is 0 Å². The van der Waals surface area contributed by atoms with Crippen LogP contribution in [0.25, 0.3) is 0 Å². The van der Waals surface area contributed by atoms with Crippen LogP contribution < -0.4 is 9.47 Å². The molecule has 8 heteroatoms. The van der Waals surface area contributed by atoms with Gasteiger partial charge in [0.25, 0.3) is 0 Å². The molecule has 0 fully saturated rings. The van der Waals surface area contributed by atoms with Gasteiger partial charge >= 0.3 is 12.2 Å². The second-order valence-corrected chi connectivity index (χ2v) is 7.41. The Labute approximate surface area is 187 Å². The van der Waals surface area contributed by atoms with Crippen LogP contribution in [0.1, 0.15) is 42.5 Å². The summed E-state index contributed by atoms with van der Waals surface area (Å²) in [5, 5.41) is 0. The second-order valence-electron chi connectivity index (χ2n) is 7.41. The summed E-state index contributed by atoms with van der Waals surface area (Å²) in [6.07, 6.45) is -6.12. The third kappa shape index (κ3) is 5.61. The largest absolute Gasteiger partial charge is 0.429 e. The van der Waals surface area contributed by atoms with E-state index < -0.39 is 40.7 Å². The van der Waals surface area contributed by atoms with Gasteiger partial charge in [0.2, 0.25) is 0 Å². The van der Waals surface area contributed by atoms with Gasteiger partial charge in [0.05, 0.1) is 5.56 Å². The molecule has 176 valence electrons. The second kappa shape index (κ2) is 9.77. The van der Waals surface area contributed by atoms with E-state index in [2.05, 4.69) is 4.74 Å². The minimum absolute atomic E-state index is 0.0558. The monoisotopic (exact) mass is 468 g/mol. The summed E-state index contributed by atoms with van der Waals surface area (Å²) in [6.45, 7) is 3.55. The van der Waals surface area contributed by atoms with Crippen LogP contribution >= 0.6 is 0 Å². The Morgan fingerprint density at radius 3 is 1.76 bits per heavy atom. The average molecular weight is 468 g/mol. The number of aryl methyl sites for hydroxylation is 2. The van der Waals surface area contributed by atoms with Crippen molar-refractivity contribution < 1.29 is 35.8 Å². The lowest BCUT2D eigenvalue weighted by Gasteiger charge is -2.21. The molecule has 0 aromatic heterocycles. The van der Waals surface area contributed by atoms with E-state index in [1.807, 2.05) is 6.92 Å². The highest BCUT2D eigenvalue weighted by atomic mass is 19.3. The third-order valence-corrected chi connectivity index (χ3v) is 5.00. The van der Waals surface area contributed by atoms with Crippen molar-refractivity contribution in [2.75, 3.05) is 0 Å². The van der Waals surface area contributed by atoms with E-state index in [4.69, 9.17) is 4.74 Å². The standard InChI is InChI=1S/C25H22F6O2/c1-3-5-16-6-11-19(12-7-16)32-24(28,29)18-9-13-20(14-10-18)33-25(30,31)21-15-8-17(4-2)22(26)23(21)27/h6-15H,3-5H2,1-2H3. The quantitative estimate of drug-likeness (QED) is 0.299. The predicted molar refractivity (Wildman–Crippen MR) is 112 cm³/mol. The molecule has 0 unspecified atom stereocenters. The molecule has 3 aromatic rings. The zero-order valence-corrected chi connectivity index (χ0v) is 18.0. The number of alkyl halides is 4. The number of hydrogen-bond donors (Lipinski definition) is 0. The fraction of sp³-hybridized carbons (Fsp3) is 0.280. The first-order valence-corrected chi connectivity index (χ1v) is 10.4. The summed E-state index contributed by atoms with van der Waals surface area (Å²) < 4.78 is 95.1. The molecule has 0 atom stereocenters. The summed E-state index contributed by atoms with van der Waals surface area (Å²) >= 11 is 0. The highest BCUT2D eigenvalue weighted by Crippen LogP contribution is 2.37. The topological polar surface area (TPSA) is 18.5 Å². The number of halogens is 6.